The number of aryl methyl sites for hydroxylation is 3. The van der Waals surface area contributed by atoms with Crippen molar-refractivity contribution in [2.75, 3.05) is 7.11 Å². The minimum absolute atomic E-state index is 0. The fraction of sp³-hybridized carbons (Fsp3) is 0.438. The minimum atomic E-state index is -0.389. The molecule has 0 saturated heterocycles. The van der Waals surface area contributed by atoms with Gasteiger partial charge in [0.25, 0.3) is 0 Å². The van der Waals surface area contributed by atoms with Crippen LogP contribution in [0.1, 0.15) is 34.6 Å². The molecule has 0 unspecified atom stereocenters. The topological polar surface area (TPSA) is 49.1 Å². The third-order valence-electron chi connectivity index (χ3n) is 3.67. The highest BCUT2D eigenvalue weighted by Crippen LogP contribution is 2.28. The van der Waals surface area contributed by atoms with Crippen molar-refractivity contribution in [3.8, 4) is 11.4 Å². The van der Waals surface area contributed by atoms with Gasteiger partial charge in [-0.3, -0.25) is 4.68 Å². The lowest BCUT2D eigenvalue weighted by Gasteiger charge is -2.13. The maximum absolute atomic E-state index is 11.9. The smallest absolute Gasteiger partial charge is 0.356 e. The SMILES string of the molecule is C.COC(=O)c1c(C)c(-c2c(C)cc(C)c(=S)n2C)nn1C. The number of rotatable bonds is 2. The fourth-order valence-corrected chi connectivity index (χ4v) is 2.82. The lowest BCUT2D eigenvalue weighted by Crippen LogP contribution is -2.09. The Labute approximate surface area is 136 Å². The summed E-state index contributed by atoms with van der Waals surface area (Å²) in [5.74, 6) is -0.389. The molecule has 2 aromatic rings. The summed E-state index contributed by atoms with van der Waals surface area (Å²) in [5, 5.41) is 4.49. The number of carbonyl (C=O) groups is 1. The molecule has 0 aliphatic rings. The van der Waals surface area contributed by atoms with E-state index in [9.17, 15) is 4.79 Å². The number of nitrogens with zero attached hydrogens (tertiary/aromatic N) is 3. The van der Waals surface area contributed by atoms with E-state index >= 15 is 0 Å². The molecule has 120 valence electrons. The maximum atomic E-state index is 11.9. The van der Waals surface area contributed by atoms with Crippen LogP contribution in [-0.4, -0.2) is 27.4 Å². The summed E-state index contributed by atoms with van der Waals surface area (Å²) in [6.45, 7) is 5.88. The Kier molecular flexibility index (Phi) is 5.30. The molecule has 22 heavy (non-hydrogen) atoms. The molecule has 0 spiro atoms. The molecule has 0 bridgehead atoms. The maximum Gasteiger partial charge on any atom is 0.356 e. The van der Waals surface area contributed by atoms with Crippen LogP contribution in [0.5, 0.6) is 0 Å². The molecule has 0 amide bonds. The van der Waals surface area contributed by atoms with E-state index in [1.165, 1.54) is 7.11 Å². The molecule has 2 rings (SSSR count). The van der Waals surface area contributed by atoms with Gasteiger partial charge in [-0.15, -0.1) is 0 Å². The van der Waals surface area contributed by atoms with Gasteiger partial charge in [0.05, 0.1) is 12.8 Å². The summed E-state index contributed by atoms with van der Waals surface area (Å²) in [4.78, 5) is 11.9. The van der Waals surface area contributed by atoms with Crippen molar-refractivity contribution in [2.24, 2.45) is 14.1 Å². The van der Waals surface area contributed by atoms with Crippen LogP contribution in [0.15, 0.2) is 6.07 Å². The van der Waals surface area contributed by atoms with Gasteiger partial charge in [0.2, 0.25) is 0 Å². The highest BCUT2D eigenvalue weighted by Gasteiger charge is 2.22. The van der Waals surface area contributed by atoms with Crippen molar-refractivity contribution in [2.45, 2.75) is 28.2 Å². The molecule has 0 radical (unpaired) electrons. The molecule has 0 fully saturated rings. The average molecular weight is 321 g/mol. The Morgan fingerprint density at radius 1 is 1.23 bits per heavy atom. The fourth-order valence-electron chi connectivity index (χ4n) is 2.67. The zero-order chi connectivity index (χ0) is 15.9. The third kappa shape index (κ3) is 2.70. The van der Waals surface area contributed by atoms with Crippen molar-refractivity contribution < 1.29 is 9.53 Å². The average Bonchev–Trinajstić information content (AvgIpc) is 2.71. The molecule has 5 nitrogen and oxygen atoms in total. The molecule has 2 aromatic heterocycles. The van der Waals surface area contributed by atoms with E-state index in [2.05, 4.69) is 5.10 Å². The highest BCUT2D eigenvalue weighted by atomic mass is 32.1. The number of hydrogen-bond donors (Lipinski definition) is 0. The zero-order valence-electron chi connectivity index (χ0n) is 13.1. The molecule has 0 atom stereocenters. The van der Waals surface area contributed by atoms with E-state index in [0.717, 1.165) is 32.7 Å². The lowest BCUT2D eigenvalue weighted by atomic mass is 10.1. The van der Waals surface area contributed by atoms with Gasteiger partial charge in [0, 0.05) is 19.7 Å². The predicted molar refractivity (Wildman–Crippen MR) is 90.7 cm³/mol. The molecule has 0 aliphatic carbocycles. The molecular weight excluding hydrogens is 298 g/mol. The van der Waals surface area contributed by atoms with Crippen LogP contribution in [0.25, 0.3) is 11.4 Å². The van der Waals surface area contributed by atoms with E-state index in [-0.39, 0.29) is 13.4 Å². The molecule has 6 heteroatoms. The molecule has 0 N–H and O–H groups in total. The Balaban J connectivity index is 0.00000242. The van der Waals surface area contributed by atoms with Gasteiger partial charge in [0.1, 0.15) is 16.0 Å². The minimum Gasteiger partial charge on any atom is -0.464 e. The summed E-state index contributed by atoms with van der Waals surface area (Å²) in [6.07, 6.45) is 0. The number of pyridine rings is 1. The Hall–Kier alpha value is -1.95. The summed E-state index contributed by atoms with van der Waals surface area (Å²) in [7, 11) is 5.03. The first-order valence-electron chi connectivity index (χ1n) is 6.59. The van der Waals surface area contributed by atoms with Gasteiger partial charge in [0.15, 0.2) is 0 Å². The summed E-state index contributed by atoms with van der Waals surface area (Å²) >= 11 is 5.44. The van der Waals surface area contributed by atoms with E-state index < -0.39 is 0 Å². The quantitative estimate of drug-likeness (QED) is 0.627. The number of ether oxygens (including phenoxy) is 1. The number of carbonyl (C=O) groups excluding carboxylic acids is 1. The van der Waals surface area contributed by atoms with Gasteiger partial charge in [-0.25, -0.2) is 4.79 Å². The number of hydrogen-bond acceptors (Lipinski definition) is 4. The Bertz CT molecular complexity index is 788. The van der Waals surface area contributed by atoms with E-state index in [0.29, 0.717) is 5.69 Å². The van der Waals surface area contributed by atoms with Gasteiger partial charge < -0.3 is 9.30 Å². The van der Waals surface area contributed by atoms with E-state index in [1.54, 1.807) is 11.7 Å². The van der Waals surface area contributed by atoms with Crippen LogP contribution in [0, 0.1) is 25.4 Å². The third-order valence-corrected chi connectivity index (χ3v) is 4.27. The second-order valence-corrected chi connectivity index (χ2v) is 5.55. The van der Waals surface area contributed by atoms with Crippen molar-refractivity contribution in [1.82, 2.24) is 14.3 Å². The first kappa shape index (κ1) is 18.1. The Morgan fingerprint density at radius 2 is 1.82 bits per heavy atom. The summed E-state index contributed by atoms with van der Waals surface area (Å²) in [6, 6.07) is 2.05. The normalized spacial score (nSPS) is 10.3. The largest absolute Gasteiger partial charge is 0.464 e. The van der Waals surface area contributed by atoms with Crippen LogP contribution in [0.2, 0.25) is 0 Å². The second-order valence-electron chi connectivity index (χ2n) is 5.16. The number of methoxy groups -OCH3 is 1. The van der Waals surface area contributed by atoms with Crippen LogP contribution < -0.4 is 0 Å². The second kappa shape index (κ2) is 6.44. The predicted octanol–water partition coefficient (Wildman–Crippen LogP) is 3.50. The number of esters is 1. The first-order chi connectivity index (χ1) is 9.79. The standard InChI is InChI=1S/C15H19N3O2S.CH4/c1-8-7-9(2)14(21)17(4)12(8)11-10(3)13(15(19)20-6)18(5)16-11;/h7H,1-6H3;1H4. The lowest BCUT2D eigenvalue weighted by molar-refractivity contribution is 0.0587. The molecule has 0 aliphatic heterocycles. The van der Waals surface area contributed by atoms with Crippen LogP contribution in [-0.2, 0) is 18.8 Å². The molecule has 0 saturated carbocycles. The van der Waals surface area contributed by atoms with Crippen LogP contribution in [0.3, 0.4) is 0 Å². The molecular formula is C16H23N3O2S. The summed E-state index contributed by atoms with van der Waals surface area (Å²) in [5.41, 5.74) is 5.05. The van der Waals surface area contributed by atoms with Gasteiger partial charge in [-0.05, 0) is 31.9 Å². The van der Waals surface area contributed by atoms with Crippen molar-refractivity contribution >= 4 is 18.2 Å². The molecule has 2 heterocycles. The van der Waals surface area contributed by atoms with Crippen LogP contribution >= 0.6 is 12.2 Å². The zero-order valence-corrected chi connectivity index (χ0v) is 14.0. The van der Waals surface area contributed by atoms with Gasteiger partial charge in [-0.1, -0.05) is 25.7 Å². The Morgan fingerprint density at radius 3 is 2.36 bits per heavy atom. The van der Waals surface area contributed by atoms with Crippen molar-refractivity contribution in [3.63, 3.8) is 0 Å². The van der Waals surface area contributed by atoms with E-state index in [4.69, 9.17) is 17.0 Å². The number of aromatic nitrogens is 3. The van der Waals surface area contributed by atoms with Gasteiger partial charge in [-0.2, -0.15) is 5.10 Å². The van der Waals surface area contributed by atoms with E-state index in [1.807, 2.05) is 38.5 Å². The van der Waals surface area contributed by atoms with Crippen molar-refractivity contribution in [1.29, 1.82) is 0 Å². The summed E-state index contributed by atoms with van der Waals surface area (Å²) < 4.78 is 9.08. The van der Waals surface area contributed by atoms with Crippen LogP contribution in [0.4, 0.5) is 0 Å². The highest BCUT2D eigenvalue weighted by molar-refractivity contribution is 7.71. The van der Waals surface area contributed by atoms with Crippen molar-refractivity contribution in [3.05, 3.63) is 33.1 Å². The van der Waals surface area contributed by atoms with Gasteiger partial charge >= 0.3 is 5.97 Å². The molecule has 0 aromatic carbocycles. The monoisotopic (exact) mass is 321 g/mol. The first-order valence-corrected chi connectivity index (χ1v) is 7.00.